The van der Waals surface area contributed by atoms with Crippen LogP contribution in [0, 0.1) is 0 Å². The van der Waals surface area contributed by atoms with Crippen LogP contribution in [-0.4, -0.2) is 60.6 Å². The number of carbonyl (C=O) groups is 2. The van der Waals surface area contributed by atoms with Crippen molar-refractivity contribution >= 4 is 24.3 Å². The summed E-state index contributed by atoms with van der Waals surface area (Å²) in [7, 11) is 3.44. The van der Waals surface area contributed by atoms with Gasteiger partial charge in [0.2, 0.25) is 5.91 Å². The van der Waals surface area contributed by atoms with Gasteiger partial charge in [0.25, 0.3) is 0 Å². The number of methoxy groups -OCH3 is 1. The first kappa shape index (κ1) is 22.3. The van der Waals surface area contributed by atoms with Gasteiger partial charge in [0.15, 0.2) is 0 Å². The van der Waals surface area contributed by atoms with E-state index in [1.165, 1.54) is 0 Å². The molecule has 1 aromatic carbocycles. The van der Waals surface area contributed by atoms with Gasteiger partial charge in [0.1, 0.15) is 5.75 Å². The van der Waals surface area contributed by atoms with Crippen molar-refractivity contribution in [1.82, 2.24) is 9.80 Å². The topological polar surface area (TPSA) is 70.1 Å². The summed E-state index contributed by atoms with van der Waals surface area (Å²) in [5.74, 6) is 0.0319. The molecule has 0 aromatic heterocycles. The first-order chi connectivity index (χ1) is 12.0. The highest BCUT2D eigenvalue weighted by molar-refractivity contribution is 5.85. The summed E-state index contributed by atoms with van der Waals surface area (Å²) < 4.78 is 5.22. The maximum Gasteiger partial charge on any atom is 0.304 e. The number of likely N-dealkylation sites (N-methyl/N-ethyl adjacent to an activating group) is 1. The first-order valence-electron chi connectivity index (χ1n) is 8.85. The van der Waals surface area contributed by atoms with E-state index in [0.717, 1.165) is 43.5 Å². The predicted molar refractivity (Wildman–Crippen MR) is 103 cm³/mol. The van der Waals surface area contributed by atoms with Gasteiger partial charge in [-0.15, -0.1) is 12.4 Å². The minimum absolute atomic E-state index is 0. The van der Waals surface area contributed by atoms with Crippen molar-refractivity contribution in [3.8, 4) is 5.75 Å². The van der Waals surface area contributed by atoms with Gasteiger partial charge >= 0.3 is 5.97 Å². The molecular formula is C19H29ClN2O4. The zero-order valence-corrected chi connectivity index (χ0v) is 16.3. The largest absolute Gasteiger partial charge is 0.497 e. The van der Waals surface area contributed by atoms with E-state index in [0.29, 0.717) is 6.54 Å². The number of carbonyl (C=O) groups excluding carboxylic acids is 1. The lowest BCUT2D eigenvalue weighted by Crippen LogP contribution is -2.41. The number of carboxylic acids is 1. The standard InChI is InChI=1S/C19H28N2O4.ClH/c1-20(13-11-19(23)24)14-18(22)21-12-5-3-4-6-17(21)15-7-9-16(25-2)10-8-15;/h7-10,17H,3-6,11-14H2,1-2H3,(H,23,24);1H. The van der Waals surface area contributed by atoms with Crippen LogP contribution >= 0.6 is 12.4 Å². The maximum atomic E-state index is 12.8. The average molecular weight is 385 g/mol. The van der Waals surface area contributed by atoms with Crippen LogP contribution in [-0.2, 0) is 9.59 Å². The monoisotopic (exact) mass is 384 g/mol. The summed E-state index contributed by atoms with van der Waals surface area (Å²) in [5, 5.41) is 8.78. The molecule has 0 spiro atoms. The molecule has 0 bridgehead atoms. The first-order valence-corrected chi connectivity index (χ1v) is 8.85. The van der Waals surface area contributed by atoms with Gasteiger partial charge in [-0.2, -0.15) is 0 Å². The van der Waals surface area contributed by atoms with E-state index < -0.39 is 5.97 Å². The van der Waals surface area contributed by atoms with Crippen molar-refractivity contribution < 1.29 is 19.4 Å². The molecule has 7 heteroatoms. The van der Waals surface area contributed by atoms with Crippen molar-refractivity contribution in [2.24, 2.45) is 0 Å². The number of hydrogen-bond acceptors (Lipinski definition) is 4. The van der Waals surface area contributed by atoms with Crippen molar-refractivity contribution in [2.75, 3.05) is 33.8 Å². The predicted octanol–water partition coefficient (Wildman–Crippen LogP) is 2.97. The van der Waals surface area contributed by atoms with Crippen LogP contribution in [0.1, 0.15) is 43.7 Å². The second-order valence-corrected chi connectivity index (χ2v) is 6.61. The van der Waals surface area contributed by atoms with E-state index in [1.807, 2.05) is 29.2 Å². The molecule has 146 valence electrons. The second kappa shape index (κ2) is 11.0. The molecular weight excluding hydrogens is 356 g/mol. The third-order valence-electron chi connectivity index (χ3n) is 4.69. The molecule has 1 N–H and O–H groups in total. The molecule has 1 heterocycles. The van der Waals surface area contributed by atoms with Gasteiger partial charge in [-0.3, -0.25) is 14.5 Å². The fourth-order valence-electron chi connectivity index (χ4n) is 3.27. The molecule has 1 unspecified atom stereocenters. The molecule has 0 aliphatic carbocycles. The lowest BCUT2D eigenvalue weighted by atomic mass is 10.0. The summed E-state index contributed by atoms with van der Waals surface area (Å²) >= 11 is 0. The van der Waals surface area contributed by atoms with Crippen LogP contribution in [0.15, 0.2) is 24.3 Å². The molecule has 1 fully saturated rings. The number of likely N-dealkylation sites (tertiary alicyclic amines) is 1. The van der Waals surface area contributed by atoms with Crippen molar-refractivity contribution in [3.05, 3.63) is 29.8 Å². The van der Waals surface area contributed by atoms with E-state index in [1.54, 1.807) is 19.1 Å². The number of aliphatic carboxylic acids is 1. The number of nitrogens with zero attached hydrogens (tertiary/aromatic N) is 2. The molecule has 0 saturated carbocycles. The van der Waals surface area contributed by atoms with E-state index in [4.69, 9.17) is 9.84 Å². The Balaban J connectivity index is 0.00000338. The number of benzene rings is 1. The molecule has 2 rings (SSSR count). The molecule has 6 nitrogen and oxygen atoms in total. The van der Waals surface area contributed by atoms with E-state index >= 15 is 0 Å². The van der Waals surface area contributed by atoms with Gasteiger partial charge in [0.05, 0.1) is 26.1 Å². The number of carboxylic acid groups (broad SMARTS) is 1. The van der Waals surface area contributed by atoms with Crippen molar-refractivity contribution in [1.29, 1.82) is 0 Å². The Morgan fingerprint density at radius 1 is 1.23 bits per heavy atom. The summed E-state index contributed by atoms with van der Waals surface area (Å²) in [5.41, 5.74) is 1.13. The van der Waals surface area contributed by atoms with E-state index in [9.17, 15) is 9.59 Å². The Kier molecular flexibility index (Phi) is 9.44. The lowest BCUT2D eigenvalue weighted by molar-refractivity contribution is -0.139. The zero-order chi connectivity index (χ0) is 18.2. The second-order valence-electron chi connectivity index (χ2n) is 6.61. The fraction of sp³-hybridized carbons (Fsp3) is 0.579. The summed E-state index contributed by atoms with van der Waals surface area (Å²) in [4.78, 5) is 27.3. The quantitative estimate of drug-likeness (QED) is 0.782. The fourth-order valence-corrected chi connectivity index (χ4v) is 3.27. The normalized spacial score (nSPS) is 17.3. The Morgan fingerprint density at radius 2 is 1.92 bits per heavy atom. The van der Waals surface area contributed by atoms with E-state index in [-0.39, 0.29) is 37.3 Å². The van der Waals surface area contributed by atoms with Crippen molar-refractivity contribution in [3.63, 3.8) is 0 Å². The minimum Gasteiger partial charge on any atom is -0.497 e. The van der Waals surface area contributed by atoms with Crippen LogP contribution in [0.3, 0.4) is 0 Å². The highest BCUT2D eigenvalue weighted by atomic mass is 35.5. The summed E-state index contributed by atoms with van der Waals surface area (Å²) in [6.07, 6.45) is 4.25. The van der Waals surface area contributed by atoms with Gasteiger partial charge in [0, 0.05) is 13.1 Å². The Hall–Kier alpha value is -1.79. The van der Waals surface area contributed by atoms with Crippen LogP contribution in [0.5, 0.6) is 5.75 Å². The minimum atomic E-state index is -0.842. The average Bonchev–Trinajstić information content (AvgIpc) is 2.86. The molecule has 1 aliphatic heterocycles. The number of halogens is 1. The SMILES string of the molecule is COc1ccc(C2CCCCCN2C(=O)CN(C)CCC(=O)O)cc1.Cl. The van der Waals surface area contributed by atoms with Gasteiger partial charge in [-0.05, 0) is 37.6 Å². The van der Waals surface area contributed by atoms with Gasteiger partial charge in [-0.1, -0.05) is 25.0 Å². The number of amides is 1. The van der Waals surface area contributed by atoms with Gasteiger partial charge in [-0.25, -0.2) is 0 Å². The molecule has 0 radical (unpaired) electrons. The Labute approximate surface area is 161 Å². The summed E-state index contributed by atoms with van der Waals surface area (Å²) in [6, 6.07) is 8.00. The van der Waals surface area contributed by atoms with Crippen LogP contribution in [0.25, 0.3) is 0 Å². The Bertz CT molecular complexity index is 579. The number of hydrogen-bond donors (Lipinski definition) is 1. The van der Waals surface area contributed by atoms with Crippen molar-refractivity contribution in [2.45, 2.75) is 38.1 Å². The van der Waals surface area contributed by atoms with Crippen LogP contribution in [0.2, 0.25) is 0 Å². The third-order valence-corrected chi connectivity index (χ3v) is 4.69. The molecule has 1 saturated heterocycles. The Morgan fingerprint density at radius 3 is 2.54 bits per heavy atom. The maximum absolute atomic E-state index is 12.8. The smallest absolute Gasteiger partial charge is 0.304 e. The highest BCUT2D eigenvalue weighted by Gasteiger charge is 2.27. The molecule has 1 aromatic rings. The van der Waals surface area contributed by atoms with E-state index in [2.05, 4.69) is 0 Å². The summed E-state index contributed by atoms with van der Waals surface area (Å²) in [6.45, 7) is 1.38. The molecule has 1 aliphatic rings. The zero-order valence-electron chi connectivity index (χ0n) is 15.5. The van der Waals surface area contributed by atoms with Gasteiger partial charge < -0.3 is 14.7 Å². The number of ether oxygens (including phenoxy) is 1. The van der Waals surface area contributed by atoms with Crippen LogP contribution < -0.4 is 4.74 Å². The highest BCUT2D eigenvalue weighted by Crippen LogP contribution is 2.31. The van der Waals surface area contributed by atoms with Crippen LogP contribution in [0.4, 0.5) is 0 Å². The third kappa shape index (κ3) is 6.50. The number of rotatable bonds is 7. The molecule has 1 amide bonds. The lowest BCUT2D eigenvalue weighted by Gasteiger charge is -2.32. The molecule has 1 atom stereocenters. The molecule has 26 heavy (non-hydrogen) atoms.